The Morgan fingerprint density at radius 1 is 1.19 bits per heavy atom. The fourth-order valence-corrected chi connectivity index (χ4v) is 3.60. The molecule has 6 heteroatoms. The third-order valence-corrected chi connectivity index (χ3v) is 4.92. The van der Waals surface area contributed by atoms with Crippen molar-refractivity contribution in [2.24, 2.45) is 0 Å². The van der Waals surface area contributed by atoms with Crippen LogP contribution in [0, 0.1) is 0 Å². The zero-order chi connectivity index (χ0) is 17.9. The molecular weight excluding hydrogens is 394 g/mol. The van der Waals surface area contributed by atoms with Crippen molar-refractivity contribution in [1.29, 1.82) is 0 Å². The van der Waals surface area contributed by atoms with Gasteiger partial charge in [-0.15, -0.1) is 0 Å². The number of anilines is 2. The number of aromatic amines is 1. The van der Waals surface area contributed by atoms with E-state index in [2.05, 4.69) is 43.6 Å². The van der Waals surface area contributed by atoms with Crippen LogP contribution in [0.4, 0.5) is 11.5 Å². The van der Waals surface area contributed by atoms with Crippen LogP contribution in [-0.4, -0.2) is 30.5 Å². The highest BCUT2D eigenvalue weighted by atomic mass is 79.9. The van der Waals surface area contributed by atoms with E-state index in [1.165, 1.54) is 16.7 Å². The van der Waals surface area contributed by atoms with Gasteiger partial charge in [0.15, 0.2) is 5.82 Å². The molecule has 26 heavy (non-hydrogen) atoms. The minimum absolute atomic E-state index is 0.662. The van der Waals surface area contributed by atoms with Crippen molar-refractivity contribution in [3.63, 3.8) is 0 Å². The van der Waals surface area contributed by atoms with Gasteiger partial charge in [0.1, 0.15) is 5.75 Å². The maximum Gasteiger partial charge on any atom is 0.156 e. The maximum absolute atomic E-state index is 5.82. The zero-order valence-electron chi connectivity index (χ0n) is 14.5. The van der Waals surface area contributed by atoms with E-state index < -0.39 is 0 Å². The summed E-state index contributed by atoms with van der Waals surface area (Å²) < 4.78 is 11.9. The van der Waals surface area contributed by atoms with Gasteiger partial charge in [0.2, 0.25) is 0 Å². The van der Waals surface area contributed by atoms with Gasteiger partial charge in [-0.3, -0.25) is 5.10 Å². The molecule has 0 radical (unpaired) electrons. The van der Waals surface area contributed by atoms with Crippen LogP contribution in [0.15, 0.2) is 46.9 Å². The van der Waals surface area contributed by atoms with Crippen LogP contribution in [0.25, 0.3) is 11.3 Å². The summed E-state index contributed by atoms with van der Waals surface area (Å²) in [5, 5.41) is 11.0. The molecular formula is C20H20BrN3O2. The Morgan fingerprint density at radius 2 is 2.12 bits per heavy atom. The molecule has 0 bridgehead atoms. The first-order valence-corrected chi connectivity index (χ1v) is 9.39. The maximum atomic E-state index is 5.82. The average molecular weight is 414 g/mol. The molecule has 0 saturated heterocycles. The molecule has 0 aliphatic heterocycles. The van der Waals surface area contributed by atoms with Crippen LogP contribution in [0.3, 0.4) is 0 Å². The lowest BCUT2D eigenvalue weighted by Crippen LogP contribution is -2.01. The van der Waals surface area contributed by atoms with Gasteiger partial charge in [-0.1, -0.05) is 22.0 Å². The minimum atomic E-state index is 0.662. The van der Waals surface area contributed by atoms with E-state index in [0.29, 0.717) is 13.2 Å². The molecule has 134 valence electrons. The predicted molar refractivity (Wildman–Crippen MR) is 106 cm³/mol. The van der Waals surface area contributed by atoms with Crippen molar-refractivity contribution in [3.8, 4) is 17.0 Å². The van der Waals surface area contributed by atoms with Gasteiger partial charge in [0.25, 0.3) is 0 Å². The summed E-state index contributed by atoms with van der Waals surface area (Å²) >= 11 is 3.50. The number of hydrogen-bond donors (Lipinski definition) is 2. The second-order valence-electron chi connectivity index (χ2n) is 6.25. The van der Waals surface area contributed by atoms with Gasteiger partial charge >= 0.3 is 0 Å². The Balaban J connectivity index is 1.50. The summed E-state index contributed by atoms with van der Waals surface area (Å²) in [6.07, 6.45) is 1.73. The molecule has 0 spiro atoms. The normalized spacial score (nSPS) is 11.9. The van der Waals surface area contributed by atoms with Gasteiger partial charge in [-0.05, 0) is 42.0 Å². The highest BCUT2D eigenvalue weighted by molar-refractivity contribution is 9.10. The molecule has 1 aromatic heterocycles. The molecule has 0 fully saturated rings. The first kappa shape index (κ1) is 17.1. The Bertz CT molecular complexity index is 923. The molecule has 0 saturated carbocycles. The topological polar surface area (TPSA) is 59.2 Å². The number of fused-ring (bicyclic) bond motifs is 3. The molecule has 3 aromatic rings. The van der Waals surface area contributed by atoms with Crippen LogP contribution in [0.2, 0.25) is 0 Å². The van der Waals surface area contributed by atoms with E-state index in [1.807, 2.05) is 30.3 Å². The van der Waals surface area contributed by atoms with Crippen molar-refractivity contribution in [1.82, 2.24) is 10.2 Å². The number of benzene rings is 2. The standard InChI is InChI=1S/C20H20BrN3O2/c1-25-8-3-9-26-16-6-7-17-13(10-16)11-18-19(17)23-24-20(18)22-15-5-2-4-14(21)12-15/h2,4-7,10,12H,3,8-9,11H2,1H3,(H2,22,23,24). The molecule has 5 nitrogen and oxygen atoms in total. The lowest BCUT2D eigenvalue weighted by molar-refractivity contribution is 0.172. The van der Waals surface area contributed by atoms with Gasteiger partial charge in [-0.2, -0.15) is 5.10 Å². The number of nitrogens with one attached hydrogen (secondary N) is 2. The first-order chi connectivity index (χ1) is 12.7. The van der Waals surface area contributed by atoms with Crippen molar-refractivity contribution in [2.45, 2.75) is 12.8 Å². The predicted octanol–water partition coefficient (Wildman–Crippen LogP) is 4.90. The lowest BCUT2D eigenvalue weighted by atomic mass is 10.1. The third kappa shape index (κ3) is 3.48. The number of H-pyrrole nitrogens is 1. The van der Waals surface area contributed by atoms with Crippen molar-refractivity contribution in [3.05, 3.63) is 58.1 Å². The molecule has 0 amide bonds. The number of halogens is 1. The molecule has 1 heterocycles. The van der Waals surface area contributed by atoms with E-state index in [9.17, 15) is 0 Å². The van der Waals surface area contributed by atoms with E-state index in [0.717, 1.165) is 40.3 Å². The second-order valence-corrected chi connectivity index (χ2v) is 7.17. The molecule has 0 unspecified atom stereocenters. The number of hydrogen-bond acceptors (Lipinski definition) is 4. The van der Waals surface area contributed by atoms with Crippen LogP contribution in [0.1, 0.15) is 17.5 Å². The number of methoxy groups -OCH3 is 1. The quantitative estimate of drug-likeness (QED) is 0.423. The molecule has 1 aliphatic carbocycles. The highest BCUT2D eigenvalue weighted by Gasteiger charge is 2.25. The Kier molecular flexibility index (Phi) is 4.95. The van der Waals surface area contributed by atoms with Gasteiger partial charge in [0, 0.05) is 47.8 Å². The lowest BCUT2D eigenvalue weighted by Gasteiger charge is -2.08. The molecule has 4 rings (SSSR count). The van der Waals surface area contributed by atoms with Gasteiger partial charge in [0.05, 0.1) is 12.3 Å². The minimum Gasteiger partial charge on any atom is -0.493 e. The van der Waals surface area contributed by atoms with Crippen LogP contribution >= 0.6 is 15.9 Å². The van der Waals surface area contributed by atoms with E-state index in [-0.39, 0.29) is 0 Å². The fourth-order valence-electron chi connectivity index (χ4n) is 3.20. The molecule has 2 aromatic carbocycles. The zero-order valence-corrected chi connectivity index (χ0v) is 16.1. The first-order valence-electron chi connectivity index (χ1n) is 8.59. The van der Waals surface area contributed by atoms with Crippen LogP contribution < -0.4 is 10.1 Å². The largest absolute Gasteiger partial charge is 0.493 e. The number of rotatable bonds is 7. The number of ether oxygens (including phenoxy) is 2. The van der Waals surface area contributed by atoms with E-state index >= 15 is 0 Å². The number of aromatic nitrogens is 2. The van der Waals surface area contributed by atoms with Crippen LogP contribution in [-0.2, 0) is 11.2 Å². The van der Waals surface area contributed by atoms with Gasteiger partial charge < -0.3 is 14.8 Å². The second kappa shape index (κ2) is 7.51. The Morgan fingerprint density at radius 3 is 2.96 bits per heavy atom. The fraction of sp³-hybridized carbons (Fsp3) is 0.250. The Hall–Kier alpha value is -2.31. The van der Waals surface area contributed by atoms with E-state index in [1.54, 1.807) is 7.11 Å². The Labute approximate surface area is 160 Å². The summed E-state index contributed by atoms with van der Waals surface area (Å²) in [4.78, 5) is 0. The molecule has 0 atom stereocenters. The number of nitrogens with zero attached hydrogens (tertiary/aromatic N) is 1. The summed E-state index contributed by atoms with van der Waals surface area (Å²) in [6, 6.07) is 14.3. The SMILES string of the molecule is COCCCOc1ccc2c(c1)Cc1c(Nc3cccc(Br)c3)n[nH]c1-2. The van der Waals surface area contributed by atoms with Gasteiger partial charge in [-0.25, -0.2) is 0 Å². The third-order valence-electron chi connectivity index (χ3n) is 4.43. The summed E-state index contributed by atoms with van der Waals surface area (Å²) in [5.41, 5.74) is 5.74. The average Bonchev–Trinajstić information content (AvgIpc) is 3.18. The summed E-state index contributed by atoms with van der Waals surface area (Å²) in [5.74, 6) is 1.77. The van der Waals surface area contributed by atoms with Crippen LogP contribution in [0.5, 0.6) is 5.75 Å². The molecule has 1 aliphatic rings. The summed E-state index contributed by atoms with van der Waals surface area (Å²) in [7, 11) is 1.71. The van der Waals surface area contributed by atoms with Crippen molar-refractivity contribution >= 4 is 27.4 Å². The monoisotopic (exact) mass is 413 g/mol. The highest BCUT2D eigenvalue weighted by Crippen LogP contribution is 2.40. The van der Waals surface area contributed by atoms with E-state index in [4.69, 9.17) is 9.47 Å². The molecule has 2 N–H and O–H groups in total. The smallest absolute Gasteiger partial charge is 0.156 e. The van der Waals surface area contributed by atoms with Crippen molar-refractivity contribution in [2.75, 3.05) is 25.6 Å². The van der Waals surface area contributed by atoms with Crippen molar-refractivity contribution < 1.29 is 9.47 Å². The summed E-state index contributed by atoms with van der Waals surface area (Å²) in [6.45, 7) is 1.38.